The van der Waals surface area contributed by atoms with Crippen LogP contribution in [-0.4, -0.2) is 76.7 Å². The summed E-state index contributed by atoms with van der Waals surface area (Å²) < 4.78 is 17.4. The van der Waals surface area contributed by atoms with Gasteiger partial charge in [-0.15, -0.1) is 0 Å². The maximum absolute atomic E-state index is 12.4. The van der Waals surface area contributed by atoms with Crippen molar-refractivity contribution in [3.8, 4) is 11.5 Å². The van der Waals surface area contributed by atoms with E-state index in [0.717, 1.165) is 11.1 Å². The molecule has 9 heteroatoms. The summed E-state index contributed by atoms with van der Waals surface area (Å²) in [6.45, 7) is 4.62. The predicted octanol–water partition coefficient (Wildman–Crippen LogP) is 1.12. The highest BCUT2D eigenvalue weighted by atomic mass is 16.6. The zero-order valence-electron chi connectivity index (χ0n) is 18.6. The van der Waals surface area contributed by atoms with Gasteiger partial charge in [0.1, 0.15) is 5.76 Å². The molecule has 5 atom stereocenters. The van der Waals surface area contributed by atoms with Crippen LogP contribution in [0.1, 0.15) is 37.3 Å². The number of piperidine rings is 1. The molecule has 0 aromatic heterocycles. The summed E-state index contributed by atoms with van der Waals surface area (Å²) in [7, 11) is 3.51. The van der Waals surface area contributed by atoms with Gasteiger partial charge in [0, 0.05) is 18.0 Å². The van der Waals surface area contributed by atoms with Crippen LogP contribution in [0.15, 0.2) is 24.0 Å². The molecule has 9 nitrogen and oxygen atoms in total. The number of hydrogen-bond acceptors (Lipinski definition) is 8. The van der Waals surface area contributed by atoms with E-state index >= 15 is 0 Å². The second-order valence-corrected chi connectivity index (χ2v) is 8.93. The van der Waals surface area contributed by atoms with Crippen molar-refractivity contribution < 1.29 is 39.1 Å². The number of benzene rings is 1. The van der Waals surface area contributed by atoms with Gasteiger partial charge in [0.2, 0.25) is 0 Å². The number of carboxylic acid groups (broad SMARTS) is 1. The molecule has 1 aromatic carbocycles. The van der Waals surface area contributed by atoms with Crippen LogP contribution in [-0.2, 0) is 19.7 Å². The second-order valence-electron chi connectivity index (χ2n) is 8.93. The summed E-state index contributed by atoms with van der Waals surface area (Å²) in [6.07, 6.45) is -0.929. The third-order valence-corrected chi connectivity index (χ3v) is 7.41. The number of ether oxygens (including phenoxy) is 3. The van der Waals surface area contributed by atoms with Crippen molar-refractivity contribution >= 4 is 11.9 Å². The minimum Gasteiger partial charge on any atom is -0.493 e. The zero-order chi connectivity index (χ0) is 23.4. The van der Waals surface area contributed by atoms with Crippen molar-refractivity contribution in [1.29, 1.82) is 0 Å². The minimum atomic E-state index is -1.86. The molecule has 0 saturated carbocycles. The summed E-state index contributed by atoms with van der Waals surface area (Å²) in [5.74, 6) is -1.13. The van der Waals surface area contributed by atoms with E-state index in [1.54, 1.807) is 19.3 Å². The summed E-state index contributed by atoms with van der Waals surface area (Å²) in [5.41, 5.74) is -0.310. The Bertz CT molecular complexity index is 990. The highest BCUT2D eigenvalue weighted by Gasteiger charge is 2.69. The molecule has 3 aliphatic rings. The Morgan fingerprint density at radius 3 is 2.75 bits per heavy atom. The molecule has 3 N–H and O–H groups in total. The van der Waals surface area contributed by atoms with Gasteiger partial charge in [-0.1, -0.05) is 6.07 Å². The smallest absolute Gasteiger partial charge is 0.333 e. The summed E-state index contributed by atoms with van der Waals surface area (Å²) in [4.78, 5) is 25.4. The highest BCUT2D eigenvalue weighted by molar-refractivity contribution is 5.81. The van der Waals surface area contributed by atoms with Gasteiger partial charge in [0.05, 0.1) is 24.5 Å². The number of aliphatic hydroxyl groups excluding tert-OH is 1. The maximum atomic E-state index is 12.4. The van der Waals surface area contributed by atoms with Crippen LogP contribution in [0.25, 0.3) is 0 Å². The largest absolute Gasteiger partial charge is 0.493 e. The molecule has 1 saturated heterocycles. The van der Waals surface area contributed by atoms with Gasteiger partial charge in [0.25, 0.3) is 0 Å². The Balaban J connectivity index is 1.81. The monoisotopic (exact) mass is 447 g/mol. The first kappa shape index (κ1) is 22.6. The lowest BCUT2D eigenvalue weighted by atomic mass is 9.54. The van der Waals surface area contributed by atoms with Crippen molar-refractivity contribution in [2.45, 2.75) is 62.4 Å². The Hall–Kier alpha value is -2.62. The SMILES string of the molecule is COc1ccc(C)c2c1O[C@H]1C(OC(=O)C[C@H](O)C(=O)O)=CC[C@@]3(O)[C@@H](C)N(C)CC[C@]213. The quantitative estimate of drug-likeness (QED) is 0.569. The molecule has 4 rings (SSSR count). The number of hydrogen-bond donors (Lipinski definition) is 3. The van der Waals surface area contributed by atoms with Crippen LogP contribution in [0, 0.1) is 6.92 Å². The number of rotatable bonds is 5. The van der Waals surface area contributed by atoms with E-state index in [9.17, 15) is 19.8 Å². The number of nitrogens with zero attached hydrogens (tertiary/aromatic N) is 1. The number of likely N-dealkylation sites (N-methyl/N-ethyl adjacent to an activating group) is 1. The summed E-state index contributed by atoms with van der Waals surface area (Å²) >= 11 is 0. The van der Waals surface area contributed by atoms with E-state index < -0.39 is 41.6 Å². The fourth-order valence-corrected chi connectivity index (χ4v) is 5.57. The lowest BCUT2D eigenvalue weighted by molar-refractivity contribution is -0.164. The van der Waals surface area contributed by atoms with E-state index in [4.69, 9.17) is 19.3 Å². The third-order valence-electron chi connectivity index (χ3n) is 7.41. The van der Waals surface area contributed by atoms with Gasteiger partial charge in [-0.25, -0.2) is 4.79 Å². The second kappa shape index (κ2) is 7.75. The van der Waals surface area contributed by atoms with Gasteiger partial charge in [0.15, 0.2) is 23.7 Å². The molecule has 174 valence electrons. The fraction of sp³-hybridized carbons (Fsp3) is 0.565. The zero-order valence-corrected chi connectivity index (χ0v) is 18.6. The normalized spacial score (nSPS) is 32.0. The number of fused-ring (bicyclic) bond motifs is 1. The Kier molecular flexibility index (Phi) is 5.47. The van der Waals surface area contributed by atoms with Crippen LogP contribution >= 0.6 is 0 Å². The first-order valence-corrected chi connectivity index (χ1v) is 10.7. The Morgan fingerprint density at radius 1 is 1.38 bits per heavy atom. The number of methoxy groups -OCH3 is 1. The molecule has 32 heavy (non-hydrogen) atoms. The number of carbonyl (C=O) groups excluding carboxylic acids is 1. The first-order chi connectivity index (χ1) is 15.1. The average Bonchev–Trinajstić information content (AvgIpc) is 3.11. The standard InChI is InChI=1S/C23H29NO8/c1-12-5-6-15(30-4)19-18(12)22-9-10-24(3)13(2)23(22,29)8-7-16(20(22)32-19)31-17(26)11-14(25)21(27)28/h5-7,13-14,20,25,29H,8-11H2,1-4H3,(H,27,28)/t13-,14+,20+,22+,23-/m1/s1. The van der Waals surface area contributed by atoms with Crippen LogP contribution in [0.2, 0.25) is 0 Å². The van der Waals surface area contributed by atoms with Crippen LogP contribution in [0.3, 0.4) is 0 Å². The Morgan fingerprint density at radius 2 is 2.09 bits per heavy atom. The molecule has 0 unspecified atom stereocenters. The number of esters is 1. The van der Waals surface area contributed by atoms with E-state index in [-0.39, 0.29) is 18.2 Å². The van der Waals surface area contributed by atoms with Gasteiger partial charge in [-0.2, -0.15) is 0 Å². The highest BCUT2D eigenvalue weighted by Crippen LogP contribution is 2.62. The topological polar surface area (TPSA) is 126 Å². The van der Waals surface area contributed by atoms with E-state index in [0.29, 0.717) is 24.5 Å². The lowest BCUT2D eigenvalue weighted by Crippen LogP contribution is -2.71. The molecule has 0 radical (unpaired) electrons. The van der Waals surface area contributed by atoms with Crippen LogP contribution in [0.5, 0.6) is 11.5 Å². The summed E-state index contributed by atoms with van der Waals surface area (Å²) in [6, 6.07) is 3.52. The molecule has 2 aliphatic heterocycles. The number of aryl methyl sites for hydroxylation is 1. The molecule has 0 bridgehead atoms. The van der Waals surface area contributed by atoms with E-state index in [1.165, 1.54) is 0 Å². The molecular formula is C23H29NO8. The molecule has 1 spiro atoms. The van der Waals surface area contributed by atoms with Crippen molar-refractivity contribution in [3.63, 3.8) is 0 Å². The summed E-state index contributed by atoms with van der Waals surface area (Å²) in [5, 5.41) is 30.6. The molecule has 2 heterocycles. The van der Waals surface area contributed by atoms with Gasteiger partial charge < -0.3 is 34.4 Å². The van der Waals surface area contributed by atoms with E-state index in [2.05, 4.69) is 4.90 Å². The van der Waals surface area contributed by atoms with Gasteiger partial charge >= 0.3 is 11.9 Å². The van der Waals surface area contributed by atoms with Crippen molar-refractivity contribution in [3.05, 3.63) is 35.1 Å². The molecule has 0 amide bonds. The number of aliphatic hydroxyl groups is 2. The number of likely N-dealkylation sites (tertiary alicyclic amines) is 1. The maximum Gasteiger partial charge on any atom is 0.333 e. The van der Waals surface area contributed by atoms with Crippen LogP contribution < -0.4 is 9.47 Å². The Labute approximate surface area is 186 Å². The predicted molar refractivity (Wildman–Crippen MR) is 113 cm³/mol. The molecule has 1 aromatic rings. The van der Waals surface area contributed by atoms with Crippen molar-refractivity contribution in [2.75, 3.05) is 20.7 Å². The number of carbonyl (C=O) groups is 2. The third kappa shape index (κ3) is 3.02. The van der Waals surface area contributed by atoms with Gasteiger partial charge in [-0.3, -0.25) is 4.79 Å². The van der Waals surface area contributed by atoms with E-state index in [1.807, 2.05) is 27.0 Å². The van der Waals surface area contributed by atoms with Gasteiger partial charge in [-0.05, 0) is 51.6 Å². The molecule has 1 aliphatic carbocycles. The number of carboxylic acids is 1. The number of aliphatic carboxylic acids is 1. The fourth-order valence-electron chi connectivity index (χ4n) is 5.57. The lowest BCUT2D eigenvalue weighted by Gasteiger charge is -2.58. The molecule has 1 fully saturated rings. The van der Waals surface area contributed by atoms with Crippen molar-refractivity contribution in [2.24, 2.45) is 0 Å². The van der Waals surface area contributed by atoms with Crippen LogP contribution in [0.4, 0.5) is 0 Å². The average molecular weight is 447 g/mol. The first-order valence-electron chi connectivity index (χ1n) is 10.7. The molecular weight excluding hydrogens is 418 g/mol. The minimum absolute atomic E-state index is 0.207. The van der Waals surface area contributed by atoms with Crippen molar-refractivity contribution in [1.82, 2.24) is 4.90 Å².